The van der Waals surface area contributed by atoms with Gasteiger partial charge >= 0.3 is 5.97 Å². The fourth-order valence-corrected chi connectivity index (χ4v) is 0.945. The van der Waals surface area contributed by atoms with Gasteiger partial charge in [0.05, 0.1) is 0 Å². The Kier molecular flexibility index (Phi) is 6.02. The van der Waals surface area contributed by atoms with Crippen molar-refractivity contribution in [3.05, 3.63) is 0 Å². The predicted molar refractivity (Wildman–Crippen MR) is 48.1 cm³/mol. The molecular weight excluding hydrogens is 168 g/mol. The Hall–Kier alpha value is 0.170. The molecule has 0 aromatic carbocycles. The Balaban J connectivity index is 3.11. The van der Waals surface area contributed by atoms with Gasteiger partial charge in [-0.05, 0) is 12.8 Å². The van der Waals surface area contributed by atoms with E-state index in [1.165, 1.54) is 0 Å². The second-order valence-corrected chi connectivity index (χ2v) is 3.22. The number of carboxylic acid groups (broad SMARTS) is 1. The smallest absolute Gasteiger partial charge is 0.303 e. The molecule has 0 aliphatic heterocycles. The molecule has 0 radical (unpaired) electrons. The molecule has 0 rings (SSSR count). The third-order valence-corrected chi connectivity index (χ3v) is 2.31. The van der Waals surface area contributed by atoms with Gasteiger partial charge in [0.1, 0.15) is 0 Å². The molecule has 2 nitrogen and oxygen atoms in total. The zero-order valence-corrected chi connectivity index (χ0v) is 7.44. The Bertz CT molecular complexity index is 106. The molecule has 0 fully saturated rings. The first-order valence-corrected chi connectivity index (χ1v) is 4.32. The summed E-state index contributed by atoms with van der Waals surface area (Å²) in [4.78, 5) is 10.0. The minimum Gasteiger partial charge on any atom is -0.481 e. The Morgan fingerprint density at radius 2 is 2.20 bits per heavy atom. The molecule has 10 heavy (non-hydrogen) atoms. The van der Waals surface area contributed by atoms with Crippen LogP contribution in [0.5, 0.6) is 0 Å². The highest BCUT2D eigenvalue weighted by Crippen LogP contribution is 2.07. The number of hydrogen-bond donors (Lipinski definition) is 3. The van der Waals surface area contributed by atoms with E-state index in [9.17, 15) is 4.79 Å². The first-order chi connectivity index (χ1) is 4.66. The van der Waals surface area contributed by atoms with Crippen molar-refractivity contribution in [2.24, 2.45) is 0 Å². The molecule has 0 aromatic rings. The highest BCUT2D eigenvalue weighted by Gasteiger charge is 2.01. The van der Waals surface area contributed by atoms with Crippen molar-refractivity contribution >= 4 is 31.2 Å². The van der Waals surface area contributed by atoms with Gasteiger partial charge in [0.25, 0.3) is 0 Å². The average Bonchev–Trinajstić information content (AvgIpc) is 1.87. The predicted octanol–water partition coefficient (Wildman–Crippen LogP) is 1.47. The molecule has 0 spiro atoms. The van der Waals surface area contributed by atoms with Gasteiger partial charge in [0.2, 0.25) is 0 Å². The van der Waals surface area contributed by atoms with E-state index in [1.54, 1.807) is 0 Å². The van der Waals surface area contributed by atoms with E-state index in [-0.39, 0.29) is 11.7 Å². The van der Waals surface area contributed by atoms with Crippen LogP contribution in [0.25, 0.3) is 0 Å². The average molecular weight is 180 g/mol. The molecule has 0 aliphatic carbocycles. The number of carboxylic acids is 1. The van der Waals surface area contributed by atoms with Crippen molar-refractivity contribution in [3.63, 3.8) is 0 Å². The molecule has 1 unspecified atom stereocenters. The van der Waals surface area contributed by atoms with Crippen molar-refractivity contribution in [1.82, 2.24) is 0 Å². The highest BCUT2D eigenvalue weighted by molar-refractivity contribution is 7.84. The van der Waals surface area contributed by atoms with Crippen LogP contribution >= 0.6 is 25.3 Å². The minimum absolute atomic E-state index is 0.239. The van der Waals surface area contributed by atoms with Crippen LogP contribution in [0.2, 0.25) is 0 Å². The van der Waals surface area contributed by atoms with Gasteiger partial charge in [0.15, 0.2) is 0 Å². The molecule has 0 heterocycles. The van der Waals surface area contributed by atoms with Crippen molar-refractivity contribution in [2.45, 2.75) is 24.5 Å². The van der Waals surface area contributed by atoms with Crippen molar-refractivity contribution in [3.8, 4) is 0 Å². The van der Waals surface area contributed by atoms with E-state index in [2.05, 4.69) is 25.3 Å². The molecule has 4 heteroatoms. The summed E-state index contributed by atoms with van der Waals surface area (Å²) >= 11 is 8.18. The van der Waals surface area contributed by atoms with Gasteiger partial charge < -0.3 is 5.11 Å². The molecule has 0 amide bonds. The number of aliphatic carboxylic acids is 1. The molecule has 0 aromatic heterocycles. The van der Waals surface area contributed by atoms with E-state index in [0.717, 1.165) is 6.42 Å². The summed E-state index contributed by atoms with van der Waals surface area (Å²) < 4.78 is 0. The first-order valence-electron chi connectivity index (χ1n) is 3.17. The lowest BCUT2D eigenvalue weighted by atomic mass is 10.2. The van der Waals surface area contributed by atoms with Gasteiger partial charge in [-0.1, -0.05) is 0 Å². The topological polar surface area (TPSA) is 37.3 Å². The molecule has 1 atom stereocenters. The van der Waals surface area contributed by atoms with Crippen molar-refractivity contribution < 1.29 is 9.90 Å². The van der Waals surface area contributed by atoms with Crippen LogP contribution < -0.4 is 0 Å². The van der Waals surface area contributed by atoms with Crippen LogP contribution in [-0.2, 0) is 4.79 Å². The fraction of sp³-hybridized carbons (Fsp3) is 0.833. The van der Waals surface area contributed by atoms with Crippen molar-refractivity contribution in [1.29, 1.82) is 0 Å². The van der Waals surface area contributed by atoms with E-state index >= 15 is 0 Å². The molecule has 1 N–H and O–H groups in total. The minimum atomic E-state index is -0.736. The van der Waals surface area contributed by atoms with E-state index < -0.39 is 5.97 Å². The number of hydrogen-bond acceptors (Lipinski definition) is 3. The first kappa shape index (κ1) is 10.2. The highest BCUT2D eigenvalue weighted by atomic mass is 32.1. The monoisotopic (exact) mass is 180 g/mol. The van der Waals surface area contributed by atoms with Crippen LogP contribution in [0, 0.1) is 0 Å². The Labute approximate surface area is 71.8 Å². The normalized spacial score (nSPS) is 13.0. The van der Waals surface area contributed by atoms with E-state index in [1.807, 2.05) is 0 Å². The summed E-state index contributed by atoms with van der Waals surface area (Å²) in [6, 6.07) is 0. The third kappa shape index (κ3) is 6.29. The summed E-state index contributed by atoms with van der Waals surface area (Å²) in [6.45, 7) is 0. The summed E-state index contributed by atoms with van der Waals surface area (Å²) in [5, 5.41) is 8.49. The lowest BCUT2D eigenvalue weighted by Gasteiger charge is -2.03. The van der Waals surface area contributed by atoms with Crippen LogP contribution in [-0.4, -0.2) is 22.1 Å². The van der Waals surface area contributed by atoms with Crippen LogP contribution in [0.15, 0.2) is 0 Å². The van der Waals surface area contributed by atoms with E-state index in [0.29, 0.717) is 12.2 Å². The van der Waals surface area contributed by atoms with Gasteiger partial charge in [-0.15, -0.1) is 0 Å². The largest absolute Gasteiger partial charge is 0.481 e. The molecule has 0 bridgehead atoms. The molecule has 0 saturated carbocycles. The zero-order chi connectivity index (χ0) is 7.98. The zero-order valence-electron chi connectivity index (χ0n) is 5.66. The Morgan fingerprint density at radius 1 is 1.60 bits per heavy atom. The van der Waals surface area contributed by atoms with Crippen LogP contribution in [0.1, 0.15) is 19.3 Å². The molecular formula is C6H12O2S2. The van der Waals surface area contributed by atoms with Gasteiger partial charge in [0, 0.05) is 17.4 Å². The summed E-state index contributed by atoms with van der Waals surface area (Å²) in [5.41, 5.74) is 0. The molecule has 0 saturated heterocycles. The number of carbonyl (C=O) groups is 1. The number of rotatable bonds is 5. The second kappa shape index (κ2) is 5.92. The quantitative estimate of drug-likeness (QED) is 0.560. The maximum atomic E-state index is 10.0. The van der Waals surface area contributed by atoms with Crippen LogP contribution in [0.3, 0.4) is 0 Å². The molecule has 60 valence electrons. The number of thiol groups is 2. The summed E-state index contributed by atoms with van der Waals surface area (Å²) in [6.07, 6.45) is 1.77. The molecule has 0 aliphatic rings. The third-order valence-electron chi connectivity index (χ3n) is 1.14. The second-order valence-electron chi connectivity index (χ2n) is 2.12. The van der Waals surface area contributed by atoms with Crippen molar-refractivity contribution in [2.75, 3.05) is 5.75 Å². The lowest BCUT2D eigenvalue weighted by molar-refractivity contribution is -0.137. The lowest BCUT2D eigenvalue weighted by Crippen LogP contribution is -2.02. The van der Waals surface area contributed by atoms with Gasteiger partial charge in [-0.25, -0.2) is 0 Å². The van der Waals surface area contributed by atoms with Crippen LogP contribution in [0.4, 0.5) is 0 Å². The van der Waals surface area contributed by atoms with Gasteiger partial charge in [-0.2, -0.15) is 25.3 Å². The Morgan fingerprint density at radius 3 is 2.60 bits per heavy atom. The standard InChI is InChI=1S/C6H12O2S2/c7-6(8)3-1-2-5(10)4-9/h5,9-10H,1-4H2,(H,7,8). The SMILES string of the molecule is O=C(O)CCCC(S)CS. The fourth-order valence-electron chi connectivity index (χ4n) is 0.580. The summed E-state index contributed by atoms with van der Waals surface area (Å²) in [5.74, 6) is -0.0253. The summed E-state index contributed by atoms with van der Waals surface area (Å²) in [7, 11) is 0. The van der Waals surface area contributed by atoms with Gasteiger partial charge in [-0.3, -0.25) is 4.79 Å². The maximum Gasteiger partial charge on any atom is 0.303 e. The maximum absolute atomic E-state index is 10.0. The van der Waals surface area contributed by atoms with E-state index in [4.69, 9.17) is 5.11 Å².